The van der Waals surface area contributed by atoms with Crippen LogP contribution in [0, 0.1) is 11.3 Å². The van der Waals surface area contributed by atoms with Crippen molar-refractivity contribution >= 4 is 0 Å². The molecule has 1 aromatic heterocycles. The number of aromatic nitrogens is 1. The Kier molecular flexibility index (Phi) is 4.41. The molecule has 1 unspecified atom stereocenters. The number of pyridine rings is 1. The summed E-state index contributed by atoms with van der Waals surface area (Å²) < 4.78 is 0. The molecule has 0 spiro atoms. The predicted molar refractivity (Wildman–Crippen MR) is 63.6 cm³/mol. The van der Waals surface area contributed by atoms with Crippen LogP contribution < -0.4 is 5.73 Å². The molecule has 1 atom stereocenters. The third-order valence-electron chi connectivity index (χ3n) is 2.39. The van der Waals surface area contributed by atoms with E-state index in [2.05, 4.69) is 16.0 Å². The standard InChI is InChI=1S/C12H18N4/c1-12(14,9-13)10-16(2)8-5-11-3-6-15-7-4-11/h3-4,6-7H,5,8,10,14H2,1-2H3. The highest BCUT2D eigenvalue weighted by Gasteiger charge is 2.19. The average Bonchev–Trinajstić information content (AvgIpc) is 2.27. The van der Waals surface area contributed by atoms with Gasteiger partial charge in [0.25, 0.3) is 0 Å². The molecule has 0 saturated carbocycles. The highest BCUT2D eigenvalue weighted by molar-refractivity contribution is 5.10. The molecular weight excluding hydrogens is 200 g/mol. The normalized spacial score (nSPS) is 14.4. The first kappa shape index (κ1) is 12.6. The van der Waals surface area contributed by atoms with Crippen molar-refractivity contribution in [2.45, 2.75) is 18.9 Å². The zero-order chi connectivity index (χ0) is 12.0. The maximum atomic E-state index is 8.82. The first-order valence-electron chi connectivity index (χ1n) is 5.31. The summed E-state index contributed by atoms with van der Waals surface area (Å²) >= 11 is 0. The zero-order valence-electron chi connectivity index (χ0n) is 9.85. The van der Waals surface area contributed by atoms with E-state index in [-0.39, 0.29) is 0 Å². The van der Waals surface area contributed by atoms with E-state index in [1.807, 2.05) is 19.2 Å². The summed E-state index contributed by atoms with van der Waals surface area (Å²) in [5.74, 6) is 0. The van der Waals surface area contributed by atoms with E-state index in [0.717, 1.165) is 13.0 Å². The van der Waals surface area contributed by atoms with Gasteiger partial charge in [-0.2, -0.15) is 5.26 Å². The molecular formula is C12H18N4. The van der Waals surface area contributed by atoms with Gasteiger partial charge in [-0.3, -0.25) is 4.98 Å². The summed E-state index contributed by atoms with van der Waals surface area (Å²) in [4.78, 5) is 6.04. The van der Waals surface area contributed by atoms with Crippen molar-refractivity contribution in [3.8, 4) is 6.07 Å². The van der Waals surface area contributed by atoms with Crippen molar-refractivity contribution in [3.05, 3.63) is 30.1 Å². The lowest BCUT2D eigenvalue weighted by molar-refractivity contribution is 0.293. The quantitative estimate of drug-likeness (QED) is 0.793. The van der Waals surface area contributed by atoms with Gasteiger partial charge in [-0.25, -0.2) is 0 Å². The first-order valence-corrected chi connectivity index (χ1v) is 5.31. The zero-order valence-corrected chi connectivity index (χ0v) is 9.85. The maximum absolute atomic E-state index is 8.82. The number of rotatable bonds is 5. The first-order chi connectivity index (χ1) is 7.53. The number of nitrogens with two attached hydrogens (primary N) is 1. The fourth-order valence-electron chi connectivity index (χ4n) is 1.54. The van der Waals surface area contributed by atoms with E-state index >= 15 is 0 Å². The van der Waals surface area contributed by atoms with E-state index in [9.17, 15) is 0 Å². The monoisotopic (exact) mass is 218 g/mol. The van der Waals surface area contributed by atoms with Crippen LogP contribution in [-0.4, -0.2) is 35.6 Å². The van der Waals surface area contributed by atoms with Crippen molar-refractivity contribution in [2.75, 3.05) is 20.1 Å². The number of nitriles is 1. The van der Waals surface area contributed by atoms with E-state index in [4.69, 9.17) is 11.0 Å². The summed E-state index contributed by atoms with van der Waals surface area (Å²) in [6.45, 7) is 3.21. The highest BCUT2D eigenvalue weighted by Crippen LogP contribution is 2.02. The van der Waals surface area contributed by atoms with Gasteiger partial charge in [-0.1, -0.05) is 0 Å². The lowest BCUT2D eigenvalue weighted by Gasteiger charge is -2.24. The van der Waals surface area contributed by atoms with Gasteiger partial charge in [-0.05, 0) is 38.1 Å². The molecule has 0 aliphatic heterocycles. The minimum atomic E-state index is -0.771. The van der Waals surface area contributed by atoms with Crippen LogP contribution in [0.25, 0.3) is 0 Å². The van der Waals surface area contributed by atoms with Crippen molar-refractivity contribution in [1.29, 1.82) is 5.26 Å². The molecule has 0 fully saturated rings. The molecule has 0 saturated heterocycles. The van der Waals surface area contributed by atoms with Crippen LogP contribution in [0.3, 0.4) is 0 Å². The molecule has 2 N–H and O–H groups in total. The third-order valence-corrected chi connectivity index (χ3v) is 2.39. The Morgan fingerprint density at radius 2 is 2.12 bits per heavy atom. The Morgan fingerprint density at radius 3 is 2.69 bits per heavy atom. The molecule has 0 aliphatic carbocycles. The molecule has 0 bridgehead atoms. The Bertz CT molecular complexity index is 353. The Hall–Kier alpha value is -1.44. The molecule has 86 valence electrons. The van der Waals surface area contributed by atoms with Crippen molar-refractivity contribution in [2.24, 2.45) is 5.73 Å². The highest BCUT2D eigenvalue weighted by atomic mass is 15.1. The van der Waals surface area contributed by atoms with Crippen LogP contribution in [-0.2, 0) is 6.42 Å². The Balaban J connectivity index is 2.37. The fraction of sp³-hybridized carbons (Fsp3) is 0.500. The summed E-state index contributed by atoms with van der Waals surface area (Å²) in [5.41, 5.74) is 6.25. The van der Waals surface area contributed by atoms with Crippen molar-refractivity contribution in [3.63, 3.8) is 0 Å². The minimum absolute atomic E-state index is 0.578. The van der Waals surface area contributed by atoms with Gasteiger partial charge in [0.2, 0.25) is 0 Å². The van der Waals surface area contributed by atoms with Crippen LogP contribution in [0.4, 0.5) is 0 Å². The van der Waals surface area contributed by atoms with Gasteiger partial charge in [-0.15, -0.1) is 0 Å². The molecule has 0 aromatic carbocycles. The van der Waals surface area contributed by atoms with Gasteiger partial charge in [0, 0.05) is 25.5 Å². The number of hydrogen-bond acceptors (Lipinski definition) is 4. The number of likely N-dealkylation sites (N-methyl/N-ethyl adjacent to an activating group) is 1. The SMILES string of the molecule is CN(CCc1ccncc1)CC(C)(N)C#N. The molecule has 1 heterocycles. The second-order valence-corrected chi connectivity index (χ2v) is 4.37. The summed E-state index contributed by atoms with van der Waals surface area (Å²) in [6, 6.07) is 6.10. The van der Waals surface area contributed by atoms with Crippen molar-refractivity contribution in [1.82, 2.24) is 9.88 Å². The van der Waals surface area contributed by atoms with Gasteiger partial charge in [0.15, 0.2) is 0 Å². The van der Waals surface area contributed by atoms with Crippen LogP contribution in [0.15, 0.2) is 24.5 Å². The Labute approximate surface area is 96.7 Å². The molecule has 0 radical (unpaired) electrons. The van der Waals surface area contributed by atoms with Gasteiger partial charge < -0.3 is 10.6 Å². The fourth-order valence-corrected chi connectivity index (χ4v) is 1.54. The molecule has 16 heavy (non-hydrogen) atoms. The topological polar surface area (TPSA) is 65.9 Å². The minimum Gasteiger partial charge on any atom is -0.313 e. The molecule has 4 nitrogen and oxygen atoms in total. The van der Waals surface area contributed by atoms with Crippen LogP contribution in [0.1, 0.15) is 12.5 Å². The summed E-state index contributed by atoms with van der Waals surface area (Å²) in [5, 5.41) is 8.82. The molecule has 1 rings (SSSR count). The maximum Gasteiger partial charge on any atom is 0.114 e. The van der Waals surface area contributed by atoms with E-state index in [1.54, 1.807) is 19.3 Å². The van der Waals surface area contributed by atoms with Crippen LogP contribution >= 0.6 is 0 Å². The molecule has 1 aromatic rings. The summed E-state index contributed by atoms with van der Waals surface area (Å²) in [7, 11) is 1.98. The van der Waals surface area contributed by atoms with Crippen LogP contribution in [0.5, 0.6) is 0 Å². The second-order valence-electron chi connectivity index (χ2n) is 4.37. The largest absolute Gasteiger partial charge is 0.313 e. The third kappa shape index (κ3) is 4.39. The lowest BCUT2D eigenvalue weighted by Crippen LogP contribution is -2.45. The van der Waals surface area contributed by atoms with E-state index in [0.29, 0.717) is 6.54 Å². The smallest absolute Gasteiger partial charge is 0.114 e. The average molecular weight is 218 g/mol. The second kappa shape index (κ2) is 5.59. The molecule has 0 aliphatic rings. The van der Waals surface area contributed by atoms with Gasteiger partial charge in [0.05, 0.1) is 6.07 Å². The van der Waals surface area contributed by atoms with Crippen molar-refractivity contribution < 1.29 is 0 Å². The lowest BCUT2D eigenvalue weighted by atomic mass is 10.1. The Morgan fingerprint density at radius 1 is 1.50 bits per heavy atom. The molecule has 0 amide bonds. The van der Waals surface area contributed by atoms with Crippen LogP contribution in [0.2, 0.25) is 0 Å². The summed E-state index contributed by atoms with van der Waals surface area (Å²) in [6.07, 6.45) is 4.52. The van der Waals surface area contributed by atoms with Gasteiger partial charge >= 0.3 is 0 Å². The number of nitrogens with zero attached hydrogens (tertiary/aromatic N) is 3. The molecule has 4 heteroatoms. The number of hydrogen-bond donors (Lipinski definition) is 1. The predicted octanol–water partition coefficient (Wildman–Crippen LogP) is 0.797. The van der Waals surface area contributed by atoms with E-state index in [1.165, 1.54) is 5.56 Å². The van der Waals surface area contributed by atoms with E-state index < -0.39 is 5.54 Å². The van der Waals surface area contributed by atoms with Gasteiger partial charge in [0.1, 0.15) is 5.54 Å².